The van der Waals surface area contributed by atoms with Gasteiger partial charge in [-0.15, -0.1) is 0 Å². The van der Waals surface area contributed by atoms with Crippen molar-refractivity contribution in [2.45, 2.75) is 78.2 Å². The van der Waals surface area contributed by atoms with Gasteiger partial charge in [0.05, 0.1) is 5.41 Å². The minimum atomic E-state index is -0.382. The first-order chi connectivity index (χ1) is 12.2. The van der Waals surface area contributed by atoms with Crippen LogP contribution >= 0.6 is 0 Å². The van der Waals surface area contributed by atoms with Gasteiger partial charge in [-0.05, 0) is 74.0 Å². The fourth-order valence-corrected chi connectivity index (χ4v) is 7.06. The Morgan fingerprint density at radius 3 is 2.58 bits per heavy atom. The van der Waals surface area contributed by atoms with E-state index in [0.717, 1.165) is 44.9 Å². The van der Waals surface area contributed by atoms with Crippen molar-refractivity contribution in [3.8, 4) is 0 Å². The van der Waals surface area contributed by atoms with E-state index >= 15 is 0 Å². The molecule has 3 aliphatic carbocycles. The van der Waals surface area contributed by atoms with Crippen LogP contribution in [-0.4, -0.2) is 23.9 Å². The predicted molar refractivity (Wildman–Crippen MR) is 95.8 cm³/mol. The van der Waals surface area contributed by atoms with Crippen molar-refractivity contribution in [1.29, 1.82) is 0 Å². The second kappa shape index (κ2) is 6.07. The molecular weight excluding hydrogens is 330 g/mol. The van der Waals surface area contributed by atoms with Gasteiger partial charge in [-0.25, -0.2) is 0 Å². The number of rotatable bonds is 1. The van der Waals surface area contributed by atoms with Gasteiger partial charge in [-0.3, -0.25) is 19.7 Å². The van der Waals surface area contributed by atoms with Crippen LogP contribution in [0.5, 0.6) is 0 Å². The zero-order valence-corrected chi connectivity index (χ0v) is 16.2. The van der Waals surface area contributed by atoms with Crippen molar-refractivity contribution in [3.63, 3.8) is 0 Å². The summed E-state index contributed by atoms with van der Waals surface area (Å²) in [5, 5.41) is 2.58. The van der Waals surface area contributed by atoms with Gasteiger partial charge in [0.25, 0.3) is 0 Å². The first-order valence-corrected chi connectivity index (χ1v) is 10.3. The third-order valence-electron chi connectivity index (χ3n) is 8.52. The summed E-state index contributed by atoms with van der Waals surface area (Å²) < 4.78 is 5.51. The first kappa shape index (κ1) is 18.0. The summed E-state index contributed by atoms with van der Waals surface area (Å²) in [4.78, 5) is 36.0. The number of ether oxygens (including phenoxy) is 1. The Balaban J connectivity index is 1.57. The van der Waals surface area contributed by atoms with Gasteiger partial charge >= 0.3 is 5.97 Å². The molecule has 5 nitrogen and oxygen atoms in total. The number of imide groups is 1. The van der Waals surface area contributed by atoms with E-state index < -0.39 is 0 Å². The standard InChI is InChI=1S/C21H31NO4/c1-12(23)26-14-6-8-20(2)13(10-14)4-5-15-16(20)7-9-21(3)17(15)11-18(24)22-19(21)25/h13-17H,4-11H2,1-3H3,(H,22,24,25). The van der Waals surface area contributed by atoms with E-state index in [0.29, 0.717) is 24.2 Å². The fourth-order valence-electron chi connectivity index (χ4n) is 7.06. The van der Waals surface area contributed by atoms with E-state index in [-0.39, 0.29) is 40.6 Å². The molecule has 4 fully saturated rings. The molecule has 0 aromatic rings. The number of carbonyl (C=O) groups excluding carboxylic acids is 3. The molecule has 4 aliphatic rings. The maximum absolute atomic E-state index is 12.6. The molecule has 2 amide bonds. The molecule has 1 aliphatic heterocycles. The highest BCUT2D eigenvalue weighted by atomic mass is 16.5. The van der Waals surface area contributed by atoms with E-state index in [4.69, 9.17) is 4.74 Å². The number of fused-ring (bicyclic) bond motifs is 5. The van der Waals surface area contributed by atoms with Crippen LogP contribution in [0.3, 0.4) is 0 Å². The van der Waals surface area contributed by atoms with Crippen LogP contribution in [0.25, 0.3) is 0 Å². The maximum Gasteiger partial charge on any atom is 0.302 e. The summed E-state index contributed by atoms with van der Waals surface area (Å²) in [6.45, 7) is 5.99. The maximum atomic E-state index is 12.6. The summed E-state index contributed by atoms with van der Waals surface area (Å²) in [7, 11) is 0. The third-order valence-corrected chi connectivity index (χ3v) is 8.52. The molecule has 1 heterocycles. The molecule has 7 atom stereocenters. The summed E-state index contributed by atoms with van der Waals surface area (Å²) in [6, 6.07) is 0. The highest BCUT2D eigenvalue weighted by molar-refractivity contribution is 6.01. The van der Waals surface area contributed by atoms with Crippen molar-refractivity contribution in [1.82, 2.24) is 5.32 Å². The number of piperidine rings is 1. The molecule has 7 unspecified atom stereocenters. The molecule has 5 heteroatoms. The molecule has 0 aromatic heterocycles. The molecule has 0 bridgehead atoms. The summed E-state index contributed by atoms with van der Waals surface area (Å²) in [5.41, 5.74) is -0.134. The third kappa shape index (κ3) is 2.61. The van der Waals surface area contributed by atoms with Crippen LogP contribution in [0.2, 0.25) is 0 Å². The normalized spacial score (nSPS) is 47.9. The summed E-state index contributed by atoms with van der Waals surface area (Å²) in [6.07, 6.45) is 7.74. The molecule has 1 N–H and O–H groups in total. The molecular formula is C21H31NO4. The van der Waals surface area contributed by atoms with E-state index in [1.807, 2.05) is 0 Å². The van der Waals surface area contributed by atoms with Crippen molar-refractivity contribution in [2.75, 3.05) is 0 Å². The smallest absolute Gasteiger partial charge is 0.302 e. The van der Waals surface area contributed by atoms with Crippen molar-refractivity contribution < 1.29 is 19.1 Å². The van der Waals surface area contributed by atoms with Crippen LogP contribution in [0.15, 0.2) is 0 Å². The van der Waals surface area contributed by atoms with Crippen LogP contribution in [-0.2, 0) is 19.1 Å². The predicted octanol–water partition coefficient (Wildman–Crippen LogP) is 3.21. The van der Waals surface area contributed by atoms with Gasteiger partial charge in [0.15, 0.2) is 0 Å². The minimum Gasteiger partial charge on any atom is -0.463 e. The Morgan fingerprint density at radius 1 is 1.08 bits per heavy atom. The monoisotopic (exact) mass is 361 g/mol. The number of nitrogens with one attached hydrogen (secondary N) is 1. The van der Waals surface area contributed by atoms with E-state index in [2.05, 4.69) is 19.2 Å². The first-order valence-electron chi connectivity index (χ1n) is 10.3. The number of carbonyl (C=O) groups is 3. The average molecular weight is 361 g/mol. The van der Waals surface area contributed by atoms with Crippen LogP contribution in [0.1, 0.15) is 72.1 Å². The number of hydrogen-bond acceptors (Lipinski definition) is 4. The Labute approximate surface area is 155 Å². The lowest BCUT2D eigenvalue weighted by Crippen LogP contribution is -2.61. The molecule has 0 spiro atoms. The number of hydrogen-bond donors (Lipinski definition) is 1. The molecule has 26 heavy (non-hydrogen) atoms. The molecule has 144 valence electrons. The molecule has 4 rings (SSSR count). The molecule has 3 saturated carbocycles. The summed E-state index contributed by atoms with van der Waals surface area (Å²) >= 11 is 0. The largest absolute Gasteiger partial charge is 0.463 e. The lowest BCUT2D eigenvalue weighted by Gasteiger charge is -2.61. The zero-order valence-electron chi connectivity index (χ0n) is 16.2. The Morgan fingerprint density at radius 2 is 1.85 bits per heavy atom. The second-order valence-corrected chi connectivity index (χ2v) is 9.70. The topological polar surface area (TPSA) is 72.5 Å². The zero-order chi connectivity index (χ0) is 18.7. The van der Waals surface area contributed by atoms with Gasteiger partial charge in [-0.1, -0.05) is 13.8 Å². The minimum absolute atomic E-state index is 0.0527. The number of amides is 2. The highest BCUT2D eigenvalue weighted by Gasteiger charge is 2.60. The average Bonchev–Trinajstić information content (AvgIpc) is 2.56. The Bertz CT molecular complexity index is 646. The van der Waals surface area contributed by atoms with Gasteiger partial charge in [0, 0.05) is 13.3 Å². The van der Waals surface area contributed by atoms with E-state index in [1.54, 1.807) is 0 Å². The van der Waals surface area contributed by atoms with Crippen LogP contribution < -0.4 is 5.32 Å². The lowest BCUT2D eigenvalue weighted by atomic mass is 9.44. The second-order valence-electron chi connectivity index (χ2n) is 9.70. The Hall–Kier alpha value is -1.39. The quantitative estimate of drug-likeness (QED) is 0.575. The van der Waals surface area contributed by atoms with Crippen molar-refractivity contribution in [3.05, 3.63) is 0 Å². The van der Waals surface area contributed by atoms with Gasteiger partial charge in [0.1, 0.15) is 6.10 Å². The van der Waals surface area contributed by atoms with Crippen LogP contribution in [0, 0.1) is 34.5 Å². The van der Waals surface area contributed by atoms with Gasteiger partial charge < -0.3 is 4.74 Å². The highest BCUT2D eigenvalue weighted by Crippen LogP contribution is 2.64. The molecule has 1 saturated heterocycles. The number of esters is 1. The SMILES string of the molecule is CC(=O)OC1CCC2(C)C(CCC3C4CC(=O)NC(=O)C4(C)CCC32)C1. The van der Waals surface area contributed by atoms with Gasteiger partial charge in [-0.2, -0.15) is 0 Å². The lowest BCUT2D eigenvalue weighted by molar-refractivity contribution is -0.170. The van der Waals surface area contributed by atoms with Crippen LogP contribution in [0.4, 0.5) is 0 Å². The summed E-state index contributed by atoms with van der Waals surface area (Å²) in [5.74, 6) is 1.50. The van der Waals surface area contributed by atoms with Crippen molar-refractivity contribution >= 4 is 17.8 Å². The van der Waals surface area contributed by atoms with E-state index in [9.17, 15) is 14.4 Å². The fraction of sp³-hybridized carbons (Fsp3) is 0.857. The van der Waals surface area contributed by atoms with Gasteiger partial charge in [0.2, 0.25) is 11.8 Å². The van der Waals surface area contributed by atoms with Crippen molar-refractivity contribution in [2.24, 2.45) is 34.5 Å². The molecule has 0 aromatic carbocycles. The Kier molecular flexibility index (Phi) is 4.20. The molecule has 0 radical (unpaired) electrons. The van der Waals surface area contributed by atoms with E-state index in [1.165, 1.54) is 6.92 Å².